The van der Waals surface area contributed by atoms with Crippen LogP contribution in [-0.4, -0.2) is 42.5 Å². The molecule has 6 heteroatoms. The van der Waals surface area contributed by atoms with Crippen molar-refractivity contribution in [3.05, 3.63) is 23.3 Å². The first-order valence-electron chi connectivity index (χ1n) is 5.90. The number of aryl methyl sites for hydroxylation is 1. The number of carbonyl (C=O) groups is 2. The summed E-state index contributed by atoms with van der Waals surface area (Å²) in [5.41, 5.74) is 7.38. The number of nitrogens with zero attached hydrogens (tertiary/aromatic N) is 1. The van der Waals surface area contributed by atoms with Crippen LogP contribution in [0.15, 0.2) is 12.1 Å². The third-order valence-corrected chi connectivity index (χ3v) is 2.78. The van der Waals surface area contributed by atoms with Crippen molar-refractivity contribution in [1.82, 2.24) is 4.90 Å². The number of hydrogen-bond donors (Lipinski definition) is 3. The van der Waals surface area contributed by atoms with Crippen molar-refractivity contribution in [2.24, 2.45) is 0 Å². The first-order chi connectivity index (χ1) is 8.82. The SMILES string of the molecule is Cc1cc(NCCC(=O)N(C)C)cc(C(=O)O)c1N. The highest BCUT2D eigenvalue weighted by atomic mass is 16.4. The molecule has 1 aromatic carbocycles. The predicted octanol–water partition coefficient (Wildman–Crippen LogP) is 1.17. The summed E-state index contributed by atoms with van der Waals surface area (Å²) in [5, 5.41) is 12.1. The molecule has 0 aliphatic carbocycles. The number of amides is 1. The minimum Gasteiger partial charge on any atom is -0.478 e. The second kappa shape index (κ2) is 6.08. The zero-order valence-corrected chi connectivity index (χ0v) is 11.4. The van der Waals surface area contributed by atoms with E-state index in [1.54, 1.807) is 27.1 Å². The highest BCUT2D eigenvalue weighted by molar-refractivity contribution is 5.95. The fraction of sp³-hybridized carbons (Fsp3) is 0.385. The summed E-state index contributed by atoms with van der Waals surface area (Å²) in [4.78, 5) is 23.9. The maximum Gasteiger partial charge on any atom is 0.337 e. The number of benzene rings is 1. The van der Waals surface area contributed by atoms with Gasteiger partial charge in [-0.25, -0.2) is 4.79 Å². The Morgan fingerprint density at radius 3 is 2.53 bits per heavy atom. The minimum atomic E-state index is -1.06. The summed E-state index contributed by atoms with van der Waals surface area (Å²) in [6, 6.07) is 3.24. The van der Waals surface area contributed by atoms with E-state index in [2.05, 4.69) is 5.32 Å². The Hall–Kier alpha value is -2.24. The van der Waals surface area contributed by atoms with E-state index in [0.29, 0.717) is 24.2 Å². The number of aromatic carboxylic acids is 1. The Labute approximate surface area is 112 Å². The molecule has 4 N–H and O–H groups in total. The predicted molar refractivity (Wildman–Crippen MR) is 74.4 cm³/mol. The highest BCUT2D eigenvalue weighted by Crippen LogP contribution is 2.22. The van der Waals surface area contributed by atoms with Gasteiger partial charge in [0.25, 0.3) is 0 Å². The molecule has 1 amide bonds. The lowest BCUT2D eigenvalue weighted by atomic mass is 10.1. The molecule has 6 nitrogen and oxygen atoms in total. The fourth-order valence-electron chi connectivity index (χ4n) is 1.61. The largest absolute Gasteiger partial charge is 0.478 e. The Morgan fingerprint density at radius 1 is 1.37 bits per heavy atom. The molecule has 19 heavy (non-hydrogen) atoms. The second-order valence-electron chi connectivity index (χ2n) is 4.52. The lowest BCUT2D eigenvalue weighted by molar-refractivity contribution is -0.128. The van der Waals surface area contributed by atoms with Crippen LogP contribution in [0, 0.1) is 6.92 Å². The van der Waals surface area contributed by atoms with Crippen LogP contribution in [0.1, 0.15) is 22.3 Å². The number of nitrogens with two attached hydrogens (primary N) is 1. The third kappa shape index (κ3) is 3.87. The van der Waals surface area contributed by atoms with Crippen molar-refractivity contribution in [1.29, 1.82) is 0 Å². The number of carboxylic acid groups (broad SMARTS) is 1. The molecule has 0 bridgehead atoms. The van der Waals surface area contributed by atoms with Gasteiger partial charge >= 0.3 is 5.97 Å². The lowest BCUT2D eigenvalue weighted by Crippen LogP contribution is -2.24. The van der Waals surface area contributed by atoms with Gasteiger partial charge in [-0.1, -0.05) is 0 Å². The molecule has 1 aromatic rings. The van der Waals surface area contributed by atoms with Crippen LogP contribution in [-0.2, 0) is 4.79 Å². The summed E-state index contributed by atoms with van der Waals surface area (Å²) in [6.45, 7) is 2.19. The quantitative estimate of drug-likeness (QED) is 0.694. The number of carboxylic acids is 1. The molecule has 0 aliphatic heterocycles. The van der Waals surface area contributed by atoms with Gasteiger partial charge in [0, 0.05) is 38.4 Å². The van der Waals surface area contributed by atoms with Crippen LogP contribution in [0.5, 0.6) is 0 Å². The first kappa shape index (κ1) is 14.8. The standard InChI is InChI=1S/C13H19N3O3/c1-8-6-9(7-10(12(8)14)13(18)19)15-5-4-11(17)16(2)3/h6-7,15H,4-5,14H2,1-3H3,(H,18,19). The number of carbonyl (C=O) groups excluding carboxylic acids is 1. The van der Waals surface area contributed by atoms with Gasteiger partial charge in [-0.15, -0.1) is 0 Å². The van der Waals surface area contributed by atoms with Crippen molar-refractivity contribution < 1.29 is 14.7 Å². The molecule has 0 unspecified atom stereocenters. The van der Waals surface area contributed by atoms with E-state index in [9.17, 15) is 9.59 Å². The topological polar surface area (TPSA) is 95.7 Å². The van der Waals surface area contributed by atoms with E-state index < -0.39 is 5.97 Å². The van der Waals surface area contributed by atoms with E-state index in [1.165, 1.54) is 11.0 Å². The summed E-state index contributed by atoms with van der Waals surface area (Å²) in [7, 11) is 3.39. The maximum atomic E-state index is 11.4. The van der Waals surface area contributed by atoms with Crippen molar-refractivity contribution in [2.45, 2.75) is 13.3 Å². The molecule has 0 aromatic heterocycles. The number of nitrogen functional groups attached to an aromatic ring is 1. The summed E-state index contributed by atoms with van der Waals surface area (Å²) < 4.78 is 0. The molecule has 0 atom stereocenters. The van der Waals surface area contributed by atoms with E-state index in [0.717, 1.165) is 0 Å². The van der Waals surface area contributed by atoms with E-state index in [-0.39, 0.29) is 17.2 Å². The van der Waals surface area contributed by atoms with Gasteiger partial charge in [0.05, 0.1) is 5.56 Å². The molecule has 0 aliphatic rings. The maximum absolute atomic E-state index is 11.4. The highest BCUT2D eigenvalue weighted by Gasteiger charge is 2.12. The zero-order valence-electron chi connectivity index (χ0n) is 11.4. The van der Waals surface area contributed by atoms with Crippen molar-refractivity contribution >= 4 is 23.3 Å². The fourth-order valence-corrected chi connectivity index (χ4v) is 1.61. The molecule has 0 saturated carbocycles. The zero-order chi connectivity index (χ0) is 14.6. The van der Waals surface area contributed by atoms with E-state index >= 15 is 0 Å². The van der Waals surface area contributed by atoms with Gasteiger partial charge in [-0.05, 0) is 24.6 Å². The Morgan fingerprint density at radius 2 is 2.00 bits per heavy atom. The van der Waals surface area contributed by atoms with Crippen LogP contribution in [0.3, 0.4) is 0 Å². The average molecular weight is 265 g/mol. The van der Waals surface area contributed by atoms with E-state index in [4.69, 9.17) is 10.8 Å². The van der Waals surface area contributed by atoms with Crippen LogP contribution in [0.4, 0.5) is 11.4 Å². The van der Waals surface area contributed by atoms with Crippen LogP contribution in [0.25, 0.3) is 0 Å². The van der Waals surface area contributed by atoms with Crippen molar-refractivity contribution in [2.75, 3.05) is 31.7 Å². The van der Waals surface area contributed by atoms with Gasteiger partial charge in [0.15, 0.2) is 0 Å². The van der Waals surface area contributed by atoms with E-state index in [1.807, 2.05) is 0 Å². The molecule has 0 spiro atoms. The lowest BCUT2D eigenvalue weighted by Gasteiger charge is -2.13. The van der Waals surface area contributed by atoms with Crippen molar-refractivity contribution in [3.8, 4) is 0 Å². The number of anilines is 2. The Bertz CT molecular complexity index is 498. The normalized spacial score (nSPS) is 10.1. The number of nitrogens with one attached hydrogen (secondary N) is 1. The van der Waals surface area contributed by atoms with Gasteiger partial charge < -0.3 is 21.1 Å². The summed E-state index contributed by atoms with van der Waals surface area (Å²) in [5.74, 6) is -1.05. The van der Waals surface area contributed by atoms with Gasteiger partial charge in [-0.2, -0.15) is 0 Å². The molecule has 0 heterocycles. The third-order valence-electron chi connectivity index (χ3n) is 2.78. The molecular weight excluding hydrogens is 246 g/mol. The monoisotopic (exact) mass is 265 g/mol. The molecule has 1 rings (SSSR count). The first-order valence-corrected chi connectivity index (χ1v) is 5.90. The number of rotatable bonds is 5. The van der Waals surface area contributed by atoms with Crippen LogP contribution < -0.4 is 11.1 Å². The Balaban J connectivity index is 2.75. The van der Waals surface area contributed by atoms with Crippen LogP contribution in [0.2, 0.25) is 0 Å². The molecule has 104 valence electrons. The van der Waals surface area contributed by atoms with Crippen LogP contribution >= 0.6 is 0 Å². The van der Waals surface area contributed by atoms with Gasteiger partial charge in [0.1, 0.15) is 0 Å². The summed E-state index contributed by atoms with van der Waals surface area (Å²) >= 11 is 0. The molecule has 0 radical (unpaired) electrons. The van der Waals surface area contributed by atoms with Gasteiger partial charge in [-0.3, -0.25) is 4.79 Å². The molecule has 0 fully saturated rings. The Kier molecular flexibility index (Phi) is 4.74. The van der Waals surface area contributed by atoms with Gasteiger partial charge in [0.2, 0.25) is 5.91 Å². The smallest absolute Gasteiger partial charge is 0.337 e. The minimum absolute atomic E-state index is 0.0122. The number of hydrogen-bond acceptors (Lipinski definition) is 4. The molecular formula is C13H19N3O3. The molecule has 0 saturated heterocycles. The van der Waals surface area contributed by atoms with Crippen molar-refractivity contribution in [3.63, 3.8) is 0 Å². The summed E-state index contributed by atoms with van der Waals surface area (Å²) in [6.07, 6.45) is 0.346. The average Bonchev–Trinajstić information content (AvgIpc) is 2.32. The second-order valence-corrected chi connectivity index (χ2v) is 4.52.